The highest BCUT2D eigenvalue weighted by atomic mass is 16.5. The maximum atomic E-state index is 10.7. The molecule has 0 rings (SSSR count). The highest BCUT2D eigenvalue weighted by molar-refractivity contribution is 5.69. The summed E-state index contributed by atoms with van der Waals surface area (Å²) in [5.41, 5.74) is 0. The van der Waals surface area contributed by atoms with Crippen LogP contribution in [0.25, 0.3) is 0 Å². The number of aliphatic hydroxyl groups excluding tert-OH is 1. The number of ether oxygens (including phenoxy) is 1. The molecule has 12 heavy (non-hydrogen) atoms. The predicted molar refractivity (Wildman–Crippen MR) is 46.8 cm³/mol. The fourth-order valence-electron chi connectivity index (χ4n) is 0.878. The highest BCUT2D eigenvalue weighted by Gasteiger charge is 1.99. The molecule has 72 valence electrons. The summed E-state index contributed by atoms with van der Waals surface area (Å²) >= 11 is 0. The minimum absolute atomic E-state index is 0.117. The summed E-state index contributed by atoms with van der Waals surface area (Å²) in [6.45, 7) is 2.52. The van der Waals surface area contributed by atoms with Gasteiger partial charge in [0.15, 0.2) is 0 Å². The third kappa shape index (κ3) is 7.54. The topological polar surface area (TPSA) is 46.5 Å². The Hall–Kier alpha value is -0.570. The molecule has 3 heteroatoms. The second kappa shape index (κ2) is 8.53. The summed E-state index contributed by atoms with van der Waals surface area (Å²) in [6.07, 6.45) is 4.55. The van der Waals surface area contributed by atoms with E-state index in [9.17, 15) is 4.79 Å². The van der Waals surface area contributed by atoms with Crippen molar-refractivity contribution in [1.29, 1.82) is 0 Å². The summed E-state index contributed by atoms with van der Waals surface area (Å²) in [5.74, 6) is -0.297. The average molecular weight is 174 g/mol. The number of hydrogen-bond donors (Lipinski definition) is 1. The molecule has 0 aliphatic heterocycles. The van der Waals surface area contributed by atoms with Crippen LogP contribution in [-0.2, 0) is 9.53 Å². The van der Waals surface area contributed by atoms with Gasteiger partial charge in [-0.1, -0.05) is 26.2 Å². The number of carbonyl (C=O) groups is 1. The predicted octanol–water partition coefficient (Wildman–Crippen LogP) is 1.49. The molecular weight excluding hydrogens is 156 g/mol. The Bertz CT molecular complexity index is 112. The molecule has 0 saturated carbocycles. The highest BCUT2D eigenvalue weighted by Crippen LogP contribution is 1.99. The Labute approximate surface area is 73.7 Å². The lowest BCUT2D eigenvalue weighted by Gasteiger charge is -2.02. The number of hydrogen-bond acceptors (Lipinski definition) is 3. The van der Waals surface area contributed by atoms with E-state index >= 15 is 0 Å². The summed E-state index contributed by atoms with van der Waals surface area (Å²) in [7, 11) is 0. The summed E-state index contributed by atoms with van der Waals surface area (Å²) in [5, 5.41) is 8.38. The van der Waals surface area contributed by atoms with Crippen LogP contribution in [0.3, 0.4) is 0 Å². The molecule has 0 radical (unpaired) electrons. The Kier molecular flexibility index (Phi) is 8.12. The molecule has 0 aromatic heterocycles. The minimum atomic E-state index is -0.297. The van der Waals surface area contributed by atoms with Crippen LogP contribution in [0.15, 0.2) is 0 Å². The van der Waals surface area contributed by atoms with E-state index in [2.05, 4.69) is 6.92 Å². The number of aliphatic hydroxyl groups is 1. The summed E-state index contributed by atoms with van der Waals surface area (Å²) in [6, 6.07) is 0. The molecule has 1 N–H and O–H groups in total. The molecule has 0 fully saturated rings. The van der Waals surface area contributed by atoms with E-state index in [0.29, 0.717) is 6.61 Å². The Morgan fingerprint density at radius 2 is 2.08 bits per heavy atom. The number of rotatable bonds is 7. The van der Waals surface area contributed by atoms with Gasteiger partial charge in [-0.2, -0.15) is 0 Å². The van der Waals surface area contributed by atoms with E-state index in [-0.39, 0.29) is 19.0 Å². The van der Waals surface area contributed by atoms with Gasteiger partial charge < -0.3 is 9.84 Å². The molecular formula is C9H18O3. The SMILES string of the molecule is CCCCCCOC(=O)CCO. The molecule has 0 unspecified atom stereocenters. The fraction of sp³-hybridized carbons (Fsp3) is 0.889. The van der Waals surface area contributed by atoms with Crippen LogP contribution >= 0.6 is 0 Å². The van der Waals surface area contributed by atoms with E-state index < -0.39 is 0 Å². The number of esters is 1. The molecule has 0 atom stereocenters. The molecule has 3 nitrogen and oxygen atoms in total. The van der Waals surface area contributed by atoms with Crippen molar-refractivity contribution in [3.8, 4) is 0 Å². The molecule has 0 amide bonds. The molecule has 0 aliphatic rings. The van der Waals surface area contributed by atoms with E-state index in [4.69, 9.17) is 9.84 Å². The van der Waals surface area contributed by atoms with Crippen molar-refractivity contribution in [1.82, 2.24) is 0 Å². The van der Waals surface area contributed by atoms with Gasteiger partial charge in [-0.15, -0.1) is 0 Å². The summed E-state index contributed by atoms with van der Waals surface area (Å²) < 4.78 is 4.83. The van der Waals surface area contributed by atoms with E-state index in [1.165, 1.54) is 12.8 Å². The van der Waals surface area contributed by atoms with Gasteiger partial charge in [0.2, 0.25) is 0 Å². The van der Waals surface area contributed by atoms with Crippen molar-refractivity contribution in [2.24, 2.45) is 0 Å². The van der Waals surface area contributed by atoms with Gasteiger partial charge in [-0.3, -0.25) is 4.79 Å². The van der Waals surface area contributed by atoms with Gasteiger partial charge >= 0.3 is 5.97 Å². The quantitative estimate of drug-likeness (QED) is 0.470. The zero-order valence-corrected chi connectivity index (χ0v) is 7.71. The van der Waals surface area contributed by atoms with E-state index in [0.717, 1.165) is 12.8 Å². The van der Waals surface area contributed by atoms with Crippen LogP contribution in [0.4, 0.5) is 0 Å². The molecule has 0 spiro atoms. The molecule has 0 heterocycles. The van der Waals surface area contributed by atoms with Crippen molar-refractivity contribution in [3.05, 3.63) is 0 Å². The van der Waals surface area contributed by atoms with Crippen molar-refractivity contribution in [3.63, 3.8) is 0 Å². The Morgan fingerprint density at radius 3 is 2.67 bits per heavy atom. The summed E-state index contributed by atoms with van der Waals surface area (Å²) in [4.78, 5) is 10.7. The zero-order chi connectivity index (χ0) is 9.23. The van der Waals surface area contributed by atoms with Crippen LogP contribution in [-0.4, -0.2) is 24.3 Å². The zero-order valence-electron chi connectivity index (χ0n) is 7.71. The van der Waals surface area contributed by atoms with Crippen molar-refractivity contribution >= 4 is 5.97 Å². The molecule has 0 aromatic rings. The van der Waals surface area contributed by atoms with Gasteiger partial charge in [0.1, 0.15) is 0 Å². The molecule has 0 bridgehead atoms. The van der Waals surface area contributed by atoms with E-state index in [1.54, 1.807) is 0 Å². The maximum absolute atomic E-state index is 10.7. The monoisotopic (exact) mass is 174 g/mol. The second-order valence-corrected chi connectivity index (χ2v) is 2.75. The van der Waals surface area contributed by atoms with Gasteiger partial charge in [0, 0.05) is 0 Å². The maximum Gasteiger partial charge on any atom is 0.308 e. The number of carbonyl (C=O) groups excluding carboxylic acids is 1. The Balaban J connectivity index is 3.03. The second-order valence-electron chi connectivity index (χ2n) is 2.75. The third-order valence-corrected chi connectivity index (χ3v) is 1.58. The van der Waals surface area contributed by atoms with Crippen molar-refractivity contribution in [2.75, 3.05) is 13.2 Å². The van der Waals surface area contributed by atoms with E-state index in [1.807, 2.05) is 0 Å². The van der Waals surface area contributed by atoms with Gasteiger partial charge in [-0.25, -0.2) is 0 Å². The smallest absolute Gasteiger partial charge is 0.308 e. The first-order chi connectivity index (χ1) is 5.81. The lowest BCUT2D eigenvalue weighted by molar-refractivity contribution is -0.144. The van der Waals surface area contributed by atoms with Gasteiger partial charge in [0.05, 0.1) is 19.6 Å². The fourth-order valence-corrected chi connectivity index (χ4v) is 0.878. The van der Waals surface area contributed by atoms with Crippen LogP contribution in [0, 0.1) is 0 Å². The molecule has 0 aromatic carbocycles. The lowest BCUT2D eigenvalue weighted by Crippen LogP contribution is -2.07. The van der Waals surface area contributed by atoms with Crippen LogP contribution in [0.1, 0.15) is 39.0 Å². The van der Waals surface area contributed by atoms with Gasteiger partial charge in [-0.05, 0) is 6.42 Å². The van der Waals surface area contributed by atoms with Crippen LogP contribution < -0.4 is 0 Å². The van der Waals surface area contributed by atoms with Gasteiger partial charge in [0.25, 0.3) is 0 Å². The average Bonchev–Trinajstić information content (AvgIpc) is 2.05. The van der Waals surface area contributed by atoms with Crippen LogP contribution in [0.5, 0.6) is 0 Å². The van der Waals surface area contributed by atoms with Crippen molar-refractivity contribution in [2.45, 2.75) is 39.0 Å². The standard InChI is InChI=1S/C9H18O3/c1-2-3-4-5-8-12-9(11)6-7-10/h10H,2-8H2,1H3. The first-order valence-corrected chi connectivity index (χ1v) is 4.57. The van der Waals surface area contributed by atoms with Crippen LogP contribution in [0.2, 0.25) is 0 Å². The molecule has 0 aliphatic carbocycles. The lowest BCUT2D eigenvalue weighted by atomic mass is 10.2. The molecule has 0 saturated heterocycles. The first kappa shape index (κ1) is 11.4. The van der Waals surface area contributed by atoms with Crippen molar-refractivity contribution < 1.29 is 14.6 Å². The minimum Gasteiger partial charge on any atom is -0.466 e. The third-order valence-electron chi connectivity index (χ3n) is 1.58. The first-order valence-electron chi connectivity index (χ1n) is 4.57. The normalized spacial score (nSPS) is 9.83. The number of unbranched alkanes of at least 4 members (excludes halogenated alkanes) is 3. The largest absolute Gasteiger partial charge is 0.466 e. The Morgan fingerprint density at radius 1 is 1.33 bits per heavy atom.